The van der Waals surface area contributed by atoms with Crippen molar-refractivity contribution >= 4 is 45.3 Å². The molecule has 162 valence electrons. The number of aromatic nitrogens is 1. The quantitative estimate of drug-likeness (QED) is 0.382. The van der Waals surface area contributed by atoms with Gasteiger partial charge in [0.2, 0.25) is 0 Å². The molecule has 0 saturated carbocycles. The lowest BCUT2D eigenvalue weighted by Gasteiger charge is -2.08. The minimum Gasteiger partial charge on any atom is -0.493 e. The summed E-state index contributed by atoms with van der Waals surface area (Å²) in [6.45, 7) is 0. The highest BCUT2D eigenvalue weighted by molar-refractivity contribution is 7.14. The van der Waals surface area contributed by atoms with Gasteiger partial charge in [-0.25, -0.2) is 4.98 Å². The van der Waals surface area contributed by atoms with Crippen LogP contribution in [0.2, 0.25) is 0 Å². The number of hydrogen-bond acceptors (Lipinski definition) is 7. The largest absolute Gasteiger partial charge is 0.493 e. The molecule has 2 N–H and O–H groups in total. The Balaban J connectivity index is 1.41. The number of hydrogen-bond donors (Lipinski definition) is 2. The van der Waals surface area contributed by atoms with Gasteiger partial charge in [-0.1, -0.05) is 6.07 Å². The van der Waals surface area contributed by atoms with E-state index in [0.717, 1.165) is 11.3 Å². The predicted octanol–water partition coefficient (Wildman–Crippen LogP) is 5.39. The average molecular weight is 466 g/mol. The van der Waals surface area contributed by atoms with E-state index in [4.69, 9.17) is 9.47 Å². The highest BCUT2D eigenvalue weighted by Gasteiger charge is 2.13. The van der Waals surface area contributed by atoms with Crippen LogP contribution in [-0.2, 0) is 0 Å². The lowest BCUT2D eigenvalue weighted by atomic mass is 10.1. The summed E-state index contributed by atoms with van der Waals surface area (Å²) >= 11 is 2.70. The third-order valence-electron chi connectivity index (χ3n) is 4.55. The van der Waals surface area contributed by atoms with Gasteiger partial charge in [0, 0.05) is 22.2 Å². The first-order valence-corrected chi connectivity index (χ1v) is 11.3. The number of anilines is 2. The molecule has 2 aromatic heterocycles. The molecule has 0 fully saturated rings. The molecule has 0 bridgehead atoms. The molecule has 4 aromatic rings. The van der Waals surface area contributed by atoms with E-state index in [-0.39, 0.29) is 11.8 Å². The molecule has 0 unspecified atom stereocenters. The van der Waals surface area contributed by atoms with E-state index in [2.05, 4.69) is 15.6 Å². The van der Waals surface area contributed by atoms with Crippen LogP contribution in [0.1, 0.15) is 20.0 Å². The number of carbonyl (C=O) groups is 2. The average Bonchev–Trinajstić information content (AvgIpc) is 3.51. The van der Waals surface area contributed by atoms with Gasteiger partial charge in [0.15, 0.2) is 16.6 Å². The van der Waals surface area contributed by atoms with Crippen molar-refractivity contribution in [1.29, 1.82) is 0 Å². The Morgan fingerprint density at radius 2 is 1.66 bits per heavy atom. The highest BCUT2D eigenvalue weighted by atomic mass is 32.1. The number of rotatable bonds is 7. The van der Waals surface area contributed by atoms with E-state index < -0.39 is 0 Å². The summed E-state index contributed by atoms with van der Waals surface area (Å²) in [5.74, 6) is 0.780. The van der Waals surface area contributed by atoms with Crippen LogP contribution >= 0.6 is 22.7 Å². The number of thiazole rings is 1. The molecule has 9 heteroatoms. The van der Waals surface area contributed by atoms with Gasteiger partial charge in [-0.05, 0) is 53.9 Å². The van der Waals surface area contributed by atoms with E-state index in [1.54, 1.807) is 44.6 Å². The number of amides is 2. The first-order chi connectivity index (χ1) is 15.6. The Labute approximate surface area is 192 Å². The Kier molecular flexibility index (Phi) is 6.48. The van der Waals surface area contributed by atoms with E-state index in [9.17, 15) is 9.59 Å². The van der Waals surface area contributed by atoms with E-state index in [0.29, 0.717) is 32.8 Å². The number of benzene rings is 2. The van der Waals surface area contributed by atoms with Gasteiger partial charge in [-0.15, -0.1) is 22.7 Å². The first kappa shape index (κ1) is 21.5. The fourth-order valence-corrected chi connectivity index (χ4v) is 4.27. The summed E-state index contributed by atoms with van der Waals surface area (Å²) in [6.07, 6.45) is 0. The zero-order valence-electron chi connectivity index (χ0n) is 17.2. The lowest BCUT2D eigenvalue weighted by Crippen LogP contribution is -2.13. The van der Waals surface area contributed by atoms with Gasteiger partial charge >= 0.3 is 0 Å². The standard InChI is InChI=1S/C23H19N3O4S2/c1-29-18-10-7-15(12-19(18)30-2)17-13-32-23(25-17)26-21(27)14-5-8-16(9-6-14)24-22(28)20-4-3-11-31-20/h3-13H,1-2H3,(H,24,28)(H,25,26,27). The van der Waals surface area contributed by atoms with Gasteiger partial charge in [0.05, 0.1) is 24.8 Å². The molecular weight excluding hydrogens is 446 g/mol. The fraction of sp³-hybridized carbons (Fsp3) is 0.0870. The summed E-state index contributed by atoms with van der Waals surface area (Å²) in [5, 5.41) is 9.81. The number of nitrogens with one attached hydrogen (secondary N) is 2. The van der Waals surface area contributed by atoms with Crippen molar-refractivity contribution in [3.05, 3.63) is 75.8 Å². The third kappa shape index (κ3) is 4.79. The van der Waals surface area contributed by atoms with Gasteiger partial charge < -0.3 is 14.8 Å². The molecule has 2 heterocycles. The van der Waals surface area contributed by atoms with Gasteiger partial charge in [0.25, 0.3) is 11.8 Å². The Morgan fingerprint density at radius 1 is 0.875 bits per heavy atom. The van der Waals surface area contributed by atoms with Crippen molar-refractivity contribution in [3.63, 3.8) is 0 Å². The maximum absolute atomic E-state index is 12.6. The SMILES string of the molecule is COc1ccc(-c2csc(NC(=O)c3ccc(NC(=O)c4cccs4)cc3)n2)cc1OC. The zero-order chi connectivity index (χ0) is 22.5. The van der Waals surface area contributed by atoms with Crippen molar-refractivity contribution < 1.29 is 19.1 Å². The number of thiophene rings is 1. The third-order valence-corrected chi connectivity index (χ3v) is 6.18. The van der Waals surface area contributed by atoms with Crippen LogP contribution < -0.4 is 20.1 Å². The summed E-state index contributed by atoms with van der Waals surface area (Å²) in [6, 6.07) is 15.8. The second-order valence-corrected chi connectivity index (χ2v) is 8.38. The van der Waals surface area contributed by atoms with Crippen molar-refractivity contribution in [2.24, 2.45) is 0 Å². The molecule has 2 amide bonds. The molecule has 2 aromatic carbocycles. The molecule has 7 nitrogen and oxygen atoms in total. The Hall–Kier alpha value is -3.69. The molecule has 0 spiro atoms. The van der Waals surface area contributed by atoms with Gasteiger partial charge in [-0.2, -0.15) is 0 Å². The Bertz CT molecular complexity index is 1230. The monoisotopic (exact) mass is 465 g/mol. The smallest absolute Gasteiger partial charge is 0.265 e. The van der Waals surface area contributed by atoms with Crippen LogP contribution in [0.15, 0.2) is 65.4 Å². The maximum atomic E-state index is 12.6. The van der Waals surface area contributed by atoms with Crippen molar-refractivity contribution in [3.8, 4) is 22.8 Å². The summed E-state index contributed by atoms with van der Waals surface area (Å²) in [7, 11) is 3.16. The zero-order valence-corrected chi connectivity index (χ0v) is 18.9. The summed E-state index contributed by atoms with van der Waals surface area (Å²) in [4.78, 5) is 29.8. The molecular formula is C23H19N3O4S2. The van der Waals surface area contributed by atoms with E-state index in [1.807, 2.05) is 35.0 Å². The topological polar surface area (TPSA) is 89.6 Å². The van der Waals surface area contributed by atoms with E-state index in [1.165, 1.54) is 22.7 Å². The molecule has 32 heavy (non-hydrogen) atoms. The molecule has 0 atom stereocenters. The predicted molar refractivity (Wildman–Crippen MR) is 127 cm³/mol. The summed E-state index contributed by atoms with van der Waals surface area (Å²) < 4.78 is 10.6. The second kappa shape index (κ2) is 9.63. The molecule has 0 aliphatic rings. The van der Waals surface area contributed by atoms with Crippen molar-refractivity contribution in [2.45, 2.75) is 0 Å². The Morgan fingerprint density at radius 3 is 2.34 bits per heavy atom. The van der Waals surface area contributed by atoms with Crippen LogP contribution in [0.4, 0.5) is 10.8 Å². The minimum atomic E-state index is -0.283. The highest BCUT2D eigenvalue weighted by Crippen LogP contribution is 2.33. The van der Waals surface area contributed by atoms with Gasteiger partial charge in [0.1, 0.15) is 0 Å². The maximum Gasteiger partial charge on any atom is 0.265 e. The van der Waals surface area contributed by atoms with Gasteiger partial charge in [-0.3, -0.25) is 14.9 Å². The normalized spacial score (nSPS) is 10.4. The summed E-state index contributed by atoms with van der Waals surface area (Å²) in [5.41, 5.74) is 2.65. The number of ether oxygens (including phenoxy) is 2. The minimum absolute atomic E-state index is 0.178. The molecule has 0 aliphatic heterocycles. The number of nitrogens with zero attached hydrogens (tertiary/aromatic N) is 1. The fourth-order valence-electron chi connectivity index (χ4n) is 2.93. The molecule has 4 rings (SSSR count). The molecule has 0 radical (unpaired) electrons. The lowest BCUT2D eigenvalue weighted by molar-refractivity contribution is 0.102. The second-order valence-electron chi connectivity index (χ2n) is 6.57. The van der Waals surface area contributed by atoms with Crippen LogP contribution in [0.3, 0.4) is 0 Å². The number of carbonyl (C=O) groups excluding carboxylic acids is 2. The van der Waals surface area contributed by atoms with Crippen molar-refractivity contribution in [2.75, 3.05) is 24.9 Å². The van der Waals surface area contributed by atoms with E-state index >= 15 is 0 Å². The van der Waals surface area contributed by atoms with Crippen LogP contribution in [0.25, 0.3) is 11.3 Å². The van der Waals surface area contributed by atoms with Crippen LogP contribution in [0, 0.1) is 0 Å². The van der Waals surface area contributed by atoms with Crippen molar-refractivity contribution in [1.82, 2.24) is 4.98 Å². The molecule has 0 aliphatic carbocycles. The first-order valence-electron chi connectivity index (χ1n) is 9.51. The molecule has 0 saturated heterocycles. The van der Waals surface area contributed by atoms with Crippen LogP contribution in [0.5, 0.6) is 11.5 Å². The van der Waals surface area contributed by atoms with Crippen LogP contribution in [-0.4, -0.2) is 31.0 Å². The number of methoxy groups -OCH3 is 2.